The summed E-state index contributed by atoms with van der Waals surface area (Å²) in [5.74, 6) is -0.271. The Morgan fingerprint density at radius 2 is 1.79 bits per heavy atom. The third kappa shape index (κ3) is 4.76. The lowest BCUT2D eigenvalue weighted by molar-refractivity contribution is 0.0597. The standard InChI is InChI=1S/C22H22N4O3/c1-4-15-9-10-16(25-20-11-14(2)23-13-24-20)12-19(15)26-21(27)17-7-5-6-8-18(17)22(28)29-3/h5-13H,4H2,1-3H3,(H,26,27)(H,23,24,25). The largest absolute Gasteiger partial charge is 0.465 e. The van der Waals surface area contributed by atoms with Crippen LogP contribution in [0.4, 0.5) is 17.2 Å². The lowest BCUT2D eigenvalue weighted by Gasteiger charge is -2.14. The molecule has 0 radical (unpaired) electrons. The van der Waals surface area contributed by atoms with Gasteiger partial charge in [0.15, 0.2) is 0 Å². The molecule has 7 heteroatoms. The van der Waals surface area contributed by atoms with E-state index >= 15 is 0 Å². The minimum absolute atomic E-state index is 0.219. The average Bonchev–Trinajstić information content (AvgIpc) is 2.73. The zero-order valence-corrected chi connectivity index (χ0v) is 16.5. The second-order valence-electron chi connectivity index (χ2n) is 6.39. The molecule has 7 nitrogen and oxygen atoms in total. The molecule has 0 unspecified atom stereocenters. The summed E-state index contributed by atoms with van der Waals surface area (Å²) in [4.78, 5) is 33.1. The molecule has 0 saturated heterocycles. The Bertz CT molecular complexity index is 1050. The molecule has 0 aliphatic carbocycles. The van der Waals surface area contributed by atoms with Gasteiger partial charge in [-0.1, -0.05) is 25.1 Å². The molecule has 2 N–H and O–H groups in total. The van der Waals surface area contributed by atoms with Crippen LogP contribution < -0.4 is 10.6 Å². The number of amides is 1. The molecule has 0 aliphatic heterocycles. The molecule has 3 aromatic rings. The van der Waals surface area contributed by atoms with Crippen molar-refractivity contribution in [2.24, 2.45) is 0 Å². The lowest BCUT2D eigenvalue weighted by atomic mass is 10.1. The van der Waals surface area contributed by atoms with Gasteiger partial charge in [-0.05, 0) is 43.2 Å². The highest BCUT2D eigenvalue weighted by molar-refractivity contribution is 6.11. The van der Waals surface area contributed by atoms with E-state index in [2.05, 4.69) is 20.6 Å². The van der Waals surface area contributed by atoms with Gasteiger partial charge in [-0.3, -0.25) is 4.79 Å². The van der Waals surface area contributed by atoms with Crippen molar-refractivity contribution >= 4 is 29.1 Å². The summed E-state index contributed by atoms with van der Waals surface area (Å²) in [7, 11) is 1.29. The Morgan fingerprint density at radius 1 is 1.03 bits per heavy atom. The predicted octanol–water partition coefficient (Wildman–Crippen LogP) is 4.13. The van der Waals surface area contributed by atoms with Gasteiger partial charge in [0.2, 0.25) is 0 Å². The maximum atomic E-state index is 12.9. The van der Waals surface area contributed by atoms with E-state index in [9.17, 15) is 9.59 Å². The van der Waals surface area contributed by atoms with Gasteiger partial charge in [0.1, 0.15) is 12.1 Å². The van der Waals surface area contributed by atoms with Gasteiger partial charge in [-0.2, -0.15) is 0 Å². The third-order valence-electron chi connectivity index (χ3n) is 4.39. The van der Waals surface area contributed by atoms with Gasteiger partial charge >= 0.3 is 5.97 Å². The van der Waals surface area contributed by atoms with Crippen LogP contribution in [0.15, 0.2) is 54.9 Å². The van der Waals surface area contributed by atoms with Crippen molar-refractivity contribution in [1.82, 2.24) is 9.97 Å². The highest BCUT2D eigenvalue weighted by atomic mass is 16.5. The predicted molar refractivity (Wildman–Crippen MR) is 112 cm³/mol. The second-order valence-corrected chi connectivity index (χ2v) is 6.39. The normalized spacial score (nSPS) is 10.3. The van der Waals surface area contributed by atoms with Gasteiger partial charge < -0.3 is 15.4 Å². The molecule has 2 aromatic carbocycles. The van der Waals surface area contributed by atoms with E-state index in [1.165, 1.54) is 13.4 Å². The molecule has 1 aromatic heterocycles. The SMILES string of the molecule is CCc1ccc(Nc2cc(C)ncn2)cc1NC(=O)c1ccccc1C(=O)OC. The number of esters is 1. The molecule has 0 fully saturated rings. The molecule has 0 atom stereocenters. The monoisotopic (exact) mass is 390 g/mol. The van der Waals surface area contributed by atoms with E-state index in [0.717, 1.165) is 23.4 Å². The quantitative estimate of drug-likeness (QED) is 0.615. The van der Waals surface area contributed by atoms with Crippen LogP contribution in [0.1, 0.15) is 38.9 Å². The topological polar surface area (TPSA) is 93.2 Å². The van der Waals surface area contributed by atoms with Gasteiger partial charge in [0.25, 0.3) is 5.91 Å². The van der Waals surface area contributed by atoms with E-state index in [1.807, 2.05) is 38.1 Å². The van der Waals surface area contributed by atoms with Gasteiger partial charge in [-0.25, -0.2) is 14.8 Å². The number of nitrogens with one attached hydrogen (secondary N) is 2. The summed E-state index contributed by atoms with van der Waals surface area (Å²) in [5, 5.41) is 6.13. The third-order valence-corrected chi connectivity index (χ3v) is 4.39. The summed E-state index contributed by atoms with van der Waals surface area (Å²) in [5.41, 5.74) is 3.73. The first kappa shape index (κ1) is 20.0. The van der Waals surface area contributed by atoms with Crippen LogP contribution >= 0.6 is 0 Å². The molecule has 1 amide bonds. The maximum absolute atomic E-state index is 12.9. The molecule has 0 bridgehead atoms. The number of nitrogens with zero attached hydrogens (tertiary/aromatic N) is 2. The van der Waals surface area contributed by atoms with Crippen LogP contribution in [0.25, 0.3) is 0 Å². The highest BCUT2D eigenvalue weighted by Gasteiger charge is 2.18. The number of hydrogen-bond donors (Lipinski definition) is 2. The number of carbonyl (C=O) groups excluding carboxylic acids is 2. The Kier molecular flexibility index (Phi) is 6.19. The van der Waals surface area contributed by atoms with Crippen molar-refractivity contribution in [2.75, 3.05) is 17.7 Å². The highest BCUT2D eigenvalue weighted by Crippen LogP contribution is 2.25. The first-order chi connectivity index (χ1) is 14.0. The fraction of sp³-hybridized carbons (Fsp3) is 0.182. The Balaban J connectivity index is 1.88. The number of ether oxygens (including phenoxy) is 1. The van der Waals surface area contributed by atoms with E-state index in [1.54, 1.807) is 24.3 Å². The van der Waals surface area contributed by atoms with E-state index in [0.29, 0.717) is 11.5 Å². The summed E-state index contributed by atoms with van der Waals surface area (Å²) in [6, 6.07) is 14.1. The number of carbonyl (C=O) groups is 2. The number of benzene rings is 2. The number of hydrogen-bond acceptors (Lipinski definition) is 6. The van der Waals surface area contributed by atoms with Gasteiger partial charge in [0.05, 0.1) is 18.2 Å². The second kappa shape index (κ2) is 8.97. The summed E-state index contributed by atoms with van der Waals surface area (Å²) >= 11 is 0. The van der Waals surface area contributed by atoms with Crippen LogP contribution in [0.5, 0.6) is 0 Å². The molecular weight excluding hydrogens is 368 g/mol. The minimum atomic E-state index is -0.555. The maximum Gasteiger partial charge on any atom is 0.338 e. The molecule has 1 heterocycles. The summed E-state index contributed by atoms with van der Waals surface area (Å²) in [6.45, 7) is 3.89. The molecule has 148 valence electrons. The minimum Gasteiger partial charge on any atom is -0.465 e. The Labute approximate surface area is 169 Å². The average molecular weight is 390 g/mol. The Morgan fingerprint density at radius 3 is 2.48 bits per heavy atom. The van der Waals surface area contributed by atoms with Crippen LogP contribution in [-0.2, 0) is 11.2 Å². The van der Waals surface area contributed by atoms with Gasteiger partial charge in [-0.15, -0.1) is 0 Å². The number of rotatable bonds is 6. The number of methoxy groups -OCH3 is 1. The van der Waals surface area contributed by atoms with Crippen LogP contribution in [0, 0.1) is 6.92 Å². The van der Waals surface area contributed by atoms with E-state index in [-0.39, 0.29) is 17.0 Å². The fourth-order valence-corrected chi connectivity index (χ4v) is 2.91. The zero-order chi connectivity index (χ0) is 20.8. The molecule has 3 rings (SSSR count). The number of aryl methyl sites for hydroxylation is 2. The van der Waals surface area contributed by atoms with E-state index in [4.69, 9.17) is 4.74 Å². The molecule has 29 heavy (non-hydrogen) atoms. The molecule has 0 aliphatic rings. The Hall–Kier alpha value is -3.74. The number of anilines is 3. The smallest absolute Gasteiger partial charge is 0.338 e. The first-order valence-corrected chi connectivity index (χ1v) is 9.19. The van der Waals surface area contributed by atoms with Crippen molar-refractivity contribution in [3.05, 3.63) is 77.2 Å². The van der Waals surface area contributed by atoms with Crippen LogP contribution in [-0.4, -0.2) is 29.0 Å². The van der Waals surface area contributed by atoms with Crippen molar-refractivity contribution < 1.29 is 14.3 Å². The fourth-order valence-electron chi connectivity index (χ4n) is 2.91. The molecule has 0 saturated carbocycles. The molecule has 0 spiro atoms. The van der Waals surface area contributed by atoms with Crippen LogP contribution in [0.3, 0.4) is 0 Å². The summed E-state index contributed by atoms with van der Waals surface area (Å²) < 4.78 is 4.78. The van der Waals surface area contributed by atoms with Crippen molar-refractivity contribution in [3.63, 3.8) is 0 Å². The zero-order valence-electron chi connectivity index (χ0n) is 16.5. The van der Waals surface area contributed by atoms with E-state index < -0.39 is 5.97 Å². The number of aromatic nitrogens is 2. The molecular formula is C22H22N4O3. The van der Waals surface area contributed by atoms with Crippen molar-refractivity contribution in [2.45, 2.75) is 20.3 Å². The van der Waals surface area contributed by atoms with Gasteiger partial charge in [0, 0.05) is 23.1 Å². The van der Waals surface area contributed by atoms with Crippen molar-refractivity contribution in [1.29, 1.82) is 0 Å². The van der Waals surface area contributed by atoms with Crippen LogP contribution in [0.2, 0.25) is 0 Å². The first-order valence-electron chi connectivity index (χ1n) is 9.19. The summed E-state index contributed by atoms with van der Waals surface area (Å²) in [6.07, 6.45) is 2.23. The van der Waals surface area contributed by atoms with Crippen molar-refractivity contribution in [3.8, 4) is 0 Å². The lowest BCUT2D eigenvalue weighted by Crippen LogP contribution is -2.18.